The van der Waals surface area contributed by atoms with Gasteiger partial charge in [-0.15, -0.1) is 0 Å². The summed E-state index contributed by atoms with van der Waals surface area (Å²) in [4.78, 5) is 10.6. The van der Waals surface area contributed by atoms with Crippen molar-refractivity contribution >= 4 is 12.2 Å². The molecule has 1 heterocycles. The van der Waals surface area contributed by atoms with Crippen LogP contribution in [-0.4, -0.2) is 25.5 Å². The molecule has 1 unspecified atom stereocenters. The Morgan fingerprint density at radius 2 is 2.19 bits per heavy atom. The van der Waals surface area contributed by atoms with E-state index in [0.717, 1.165) is 11.3 Å². The molecule has 4 heteroatoms. The molecular formula is C12H12O4. The standard InChI is InChI=1S/C12H12O4/c1-2-9-3-5-10(6-4-9)14-7-11-8-15-12(13)16-11/h2-6,11H,1,7-8H2. The number of benzene rings is 1. The summed E-state index contributed by atoms with van der Waals surface area (Å²) in [6.45, 7) is 4.22. The van der Waals surface area contributed by atoms with Crippen LogP contribution in [-0.2, 0) is 9.47 Å². The molecule has 2 rings (SSSR count). The first-order valence-corrected chi connectivity index (χ1v) is 4.96. The summed E-state index contributed by atoms with van der Waals surface area (Å²) >= 11 is 0. The molecule has 0 amide bonds. The maximum absolute atomic E-state index is 10.6. The Balaban J connectivity index is 1.84. The SMILES string of the molecule is C=Cc1ccc(OCC2COC(=O)O2)cc1. The van der Waals surface area contributed by atoms with E-state index in [-0.39, 0.29) is 12.7 Å². The van der Waals surface area contributed by atoms with Crippen molar-refractivity contribution in [3.05, 3.63) is 36.4 Å². The summed E-state index contributed by atoms with van der Waals surface area (Å²) in [5, 5.41) is 0. The first-order valence-electron chi connectivity index (χ1n) is 4.96. The summed E-state index contributed by atoms with van der Waals surface area (Å²) in [7, 11) is 0. The van der Waals surface area contributed by atoms with Crippen LogP contribution in [0.15, 0.2) is 30.8 Å². The minimum atomic E-state index is -0.629. The van der Waals surface area contributed by atoms with Crippen LogP contribution < -0.4 is 4.74 Å². The van der Waals surface area contributed by atoms with Crippen LogP contribution in [0.1, 0.15) is 5.56 Å². The van der Waals surface area contributed by atoms with E-state index in [1.54, 1.807) is 6.08 Å². The lowest BCUT2D eigenvalue weighted by atomic mass is 10.2. The van der Waals surface area contributed by atoms with E-state index in [4.69, 9.17) is 9.47 Å². The van der Waals surface area contributed by atoms with Crippen molar-refractivity contribution in [1.82, 2.24) is 0 Å². The number of carbonyl (C=O) groups is 1. The first kappa shape index (κ1) is 10.5. The normalized spacial score (nSPS) is 18.8. The smallest absolute Gasteiger partial charge is 0.490 e. The quantitative estimate of drug-likeness (QED) is 0.730. The van der Waals surface area contributed by atoms with E-state index in [2.05, 4.69) is 11.3 Å². The van der Waals surface area contributed by atoms with Crippen molar-refractivity contribution in [2.75, 3.05) is 13.2 Å². The van der Waals surface area contributed by atoms with Crippen molar-refractivity contribution in [2.24, 2.45) is 0 Å². The van der Waals surface area contributed by atoms with Gasteiger partial charge < -0.3 is 14.2 Å². The molecule has 0 N–H and O–H groups in total. The van der Waals surface area contributed by atoms with Crippen LogP contribution in [0.2, 0.25) is 0 Å². The van der Waals surface area contributed by atoms with Crippen molar-refractivity contribution in [3.8, 4) is 5.75 Å². The predicted octanol–water partition coefficient (Wildman–Crippen LogP) is 2.24. The lowest BCUT2D eigenvalue weighted by molar-refractivity contribution is 0.0983. The molecule has 1 fully saturated rings. The van der Waals surface area contributed by atoms with E-state index in [0.29, 0.717) is 6.61 Å². The molecule has 1 aliphatic heterocycles. The average Bonchev–Trinajstić information content (AvgIpc) is 2.73. The molecule has 84 valence electrons. The third-order valence-electron chi connectivity index (χ3n) is 2.20. The van der Waals surface area contributed by atoms with Gasteiger partial charge in [-0.2, -0.15) is 0 Å². The third kappa shape index (κ3) is 2.53. The lowest BCUT2D eigenvalue weighted by Crippen LogP contribution is -2.19. The van der Waals surface area contributed by atoms with Crippen molar-refractivity contribution < 1.29 is 19.0 Å². The number of ether oxygens (including phenoxy) is 3. The molecule has 1 aliphatic rings. The number of hydrogen-bond donors (Lipinski definition) is 0. The zero-order valence-electron chi connectivity index (χ0n) is 8.72. The molecule has 0 aromatic heterocycles. The van der Waals surface area contributed by atoms with Gasteiger partial charge in [-0.3, -0.25) is 0 Å². The van der Waals surface area contributed by atoms with Crippen LogP contribution in [0.3, 0.4) is 0 Å². The zero-order chi connectivity index (χ0) is 11.4. The molecule has 0 radical (unpaired) electrons. The molecular weight excluding hydrogens is 208 g/mol. The summed E-state index contributed by atoms with van der Waals surface area (Å²) < 4.78 is 14.9. The Morgan fingerprint density at radius 1 is 1.44 bits per heavy atom. The second-order valence-electron chi connectivity index (χ2n) is 3.39. The molecule has 0 saturated carbocycles. The van der Waals surface area contributed by atoms with Crippen molar-refractivity contribution in [1.29, 1.82) is 0 Å². The van der Waals surface area contributed by atoms with Crippen molar-refractivity contribution in [2.45, 2.75) is 6.10 Å². The van der Waals surface area contributed by atoms with Crippen LogP contribution in [0, 0.1) is 0 Å². The van der Waals surface area contributed by atoms with E-state index in [1.165, 1.54) is 0 Å². The Labute approximate surface area is 93.4 Å². The fourth-order valence-electron chi connectivity index (χ4n) is 1.34. The van der Waals surface area contributed by atoms with Gasteiger partial charge in [-0.25, -0.2) is 4.79 Å². The van der Waals surface area contributed by atoms with Crippen LogP contribution in [0.5, 0.6) is 5.75 Å². The number of rotatable bonds is 4. The highest BCUT2D eigenvalue weighted by atomic mass is 16.8. The van der Waals surface area contributed by atoms with Gasteiger partial charge in [0, 0.05) is 0 Å². The van der Waals surface area contributed by atoms with E-state index in [1.807, 2.05) is 24.3 Å². The van der Waals surface area contributed by atoms with Crippen LogP contribution >= 0.6 is 0 Å². The highest BCUT2D eigenvalue weighted by molar-refractivity contribution is 5.61. The van der Waals surface area contributed by atoms with Gasteiger partial charge in [0.05, 0.1) is 0 Å². The van der Waals surface area contributed by atoms with Gasteiger partial charge in [0.15, 0.2) is 6.10 Å². The maximum atomic E-state index is 10.6. The largest absolute Gasteiger partial charge is 0.508 e. The van der Waals surface area contributed by atoms with Gasteiger partial charge in [0.1, 0.15) is 19.0 Å². The van der Waals surface area contributed by atoms with Gasteiger partial charge in [-0.1, -0.05) is 24.8 Å². The van der Waals surface area contributed by atoms with Gasteiger partial charge in [0.25, 0.3) is 0 Å². The lowest BCUT2D eigenvalue weighted by Gasteiger charge is -2.09. The van der Waals surface area contributed by atoms with E-state index < -0.39 is 6.16 Å². The Kier molecular flexibility index (Phi) is 3.10. The molecule has 1 atom stereocenters. The minimum absolute atomic E-state index is 0.254. The highest BCUT2D eigenvalue weighted by Crippen LogP contribution is 2.14. The maximum Gasteiger partial charge on any atom is 0.508 e. The summed E-state index contributed by atoms with van der Waals surface area (Å²) in [5.41, 5.74) is 1.03. The molecule has 0 aliphatic carbocycles. The molecule has 1 aromatic rings. The van der Waals surface area contributed by atoms with Gasteiger partial charge in [-0.05, 0) is 17.7 Å². The number of carbonyl (C=O) groups excluding carboxylic acids is 1. The Bertz CT molecular complexity index is 383. The second kappa shape index (κ2) is 4.70. The monoisotopic (exact) mass is 220 g/mol. The number of cyclic esters (lactones) is 2. The zero-order valence-corrected chi connectivity index (χ0v) is 8.72. The molecule has 16 heavy (non-hydrogen) atoms. The summed E-state index contributed by atoms with van der Waals surface area (Å²) in [5.74, 6) is 0.730. The van der Waals surface area contributed by atoms with Crippen LogP contribution in [0.4, 0.5) is 4.79 Å². The molecule has 0 bridgehead atoms. The molecule has 0 spiro atoms. The van der Waals surface area contributed by atoms with E-state index >= 15 is 0 Å². The average molecular weight is 220 g/mol. The third-order valence-corrected chi connectivity index (χ3v) is 2.20. The fraction of sp³-hybridized carbons (Fsp3) is 0.250. The van der Waals surface area contributed by atoms with Crippen molar-refractivity contribution in [3.63, 3.8) is 0 Å². The summed E-state index contributed by atoms with van der Waals surface area (Å²) in [6.07, 6.45) is 0.818. The predicted molar refractivity (Wildman–Crippen MR) is 58.2 cm³/mol. The first-order chi connectivity index (χ1) is 7.78. The fourth-order valence-corrected chi connectivity index (χ4v) is 1.34. The van der Waals surface area contributed by atoms with Crippen LogP contribution in [0.25, 0.3) is 6.08 Å². The Morgan fingerprint density at radius 3 is 2.75 bits per heavy atom. The number of hydrogen-bond acceptors (Lipinski definition) is 4. The Hall–Kier alpha value is -1.97. The topological polar surface area (TPSA) is 44.8 Å². The van der Waals surface area contributed by atoms with E-state index in [9.17, 15) is 4.79 Å². The molecule has 4 nitrogen and oxygen atoms in total. The summed E-state index contributed by atoms with van der Waals surface area (Å²) in [6, 6.07) is 7.49. The second-order valence-corrected chi connectivity index (χ2v) is 3.39. The minimum Gasteiger partial charge on any atom is -0.490 e. The molecule has 1 saturated heterocycles. The van der Waals surface area contributed by atoms with Gasteiger partial charge >= 0.3 is 6.16 Å². The van der Waals surface area contributed by atoms with Gasteiger partial charge in [0.2, 0.25) is 0 Å². The highest BCUT2D eigenvalue weighted by Gasteiger charge is 2.25. The molecule has 1 aromatic carbocycles.